The van der Waals surface area contributed by atoms with Gasteiger partial charge in [-0.05, 0) is 65.5 Å². The van der Waals surface area contributed by atoms with Crippen molar-refractivity contribution in [1.82, 2.24) is 34.1 Å². The Labute approximate surface area is 274 Å². The van der Waals surface area contributed by atoms with E-state index in [1.165, 1.54) is 27.2 Å². The van der Waals surface area contributed by atoms with E-state index in [4.69, 9.17) is 19.9 Å². The van der Waals surface area contributed by atoms with E-state index in [0.29, 0.717) is 5.82 Å². The second-order valence-corrected chi connectivity index (χ2v) is 12.2. The zero-order valence-electron chi connectivity index (χ0n) is 25.4. The molecule has 9 heteroatoms. The van der Waals surface area contributed by atoms with Crippen LogP contribution in [0.1, 0.15) is 0 Å². The first-order chi connectivity index (χ1) is 23.9. The number of anilines is 3. The molecular formula is C39H23BN8. The summed E-state index contributed by atoms with van der Waals surface area (Å²) in [5.41, 5.74) is 12.6. The van der Waals surface area contributed by atoms with Crippen molar-refractivity contribution >= 4 is 73.3 Å². The van der Waals surface area contributed by atoms with E-state index in [1.54, 1.807) is 18.7 Å². The van der Waals surface area contributed by atoms with Crippen LogP contribution in [0.15, 0.2) is 140 Å². The van der Waals surface area contributed by atoms with Crippen molar-refractivity contribution in [3.05, 3.63) is 140 Å². The highest BCUT2D eigenvalue weighted by atomic mass is 15.2. The summed E-state index contributed by atoms with van der Waals surface area (Å²) in [6, 6.07) is 38.2. The number of benzene rings is 4. The number of para-hydroxylation sites is 3. The molecule has 0 aliphatic carbocycles. The maximum absolute atomic E-state index is 5.02. The summed E-state index contributed by atoms with van der Waals surface area (Å²) >= 11 is 0. The van der Waals surface area contributed by atoms with E-state index in [1.807, 2.05) is 30.6 Å². The van der Waals surface area contributed by atoms with Crippen molar-refractivity contribution in [2.75, 3.05) is 4.90 Å². The molecule has 5 aromatic heterocycles. The van der Waals surface area contributed by atoms with Gasteiger partial charge in [0.05, 0.1) is 17.4 Å². The second-order valence-electron chi connectivity index (χ2n) is 12.2. The molecule has 7 heterocycles. The quantitative estimate of drug-likeness (QED) is 0.228. The molecule has 0 saturated heterocycles. The fraction of sp³-hybridized carbons (Fsp3) is 0. The highest BCUT2D eigenvalue weighted by Crippen LogP contribution is 2.44. The number of rotatable bonds is 3. The standard InChI is InChI=1S/C39H23BN8/c1-3-10-25(11-4-1)46-30-20-24(37-42-18-9-19-43-37)21-31-34(30)40(36-32(46)22-41-23-45-36)29-16-7-14-27-33-28-15-8-17-44-38(28)47(26-12-5-2-6-13-26)39(33)48(31)35(27)29/h1-23H. The van der Waals surface area contributed by atoms with Gasteiger partial charge in [-0.15, -0.1) is 0 Å². The second kappa shape index (κ2) is 9.46. The fourth-order valence-corrected chi connectivity index (χ4v) is 8.00. The van der Waals surface area contributed by atoms with Crippen molar-refractivity contribution in [1.29, 1.82) is 0 Å². The third kappa shape index (κ3) is 3.26. The molecule has 0 amide bonds. The first-order valence-electron chi connectivity index (χ1n) is 16.0. The smallest absolute Gasteiger partial charge is 0.275 e. The van der Waals surface area contributed by atoms with Crippen LogP contribution >= 0.6 is 0 Å². The first-order valence-corrected chi connectivity index (χ1v) is 16.0. The van der Waals surface area contributed by atoms with E-state index < -0.39 is 0 Å². The average molecular weight is 614 g/mol. The minimum Gasteiger partial charge on any atom is -0.308 e. The van der Waals surface area contributed by atoms with Gasteiger partial charge in [-0.2, -0.15) is 0 Å². The summed E-state index contributed by atoms with van der Waals surface area (Å²) in [5.74, 6) is 0.667. The van der Waals surface area contributed by atoms with Gasteiger partial charge in [-0.25, -0.2) is 24.9 Å². The van der Waals surface area contributed by atoms with Crippen molar-refractivity contribution in [3.63, 3.8) is 0 Å². The minimum absolute atomic E-state index is 0.108. The molecule has 0 bridgehead atoms. The normalized spacial score (nSPS) is 12.9. The van der Waals surface area contributed by atoms with Crippen molar-refractivity contribution in [2.45, 2.75) is 0 Å². The van der Waals surface area contributed by atoms with Gasteiger partial charge in [-0.3, -0.25) is 9.13 Å². The monoisotopic (exact) mass is 614 g/mol. The largest absolute Gasteiger partial charge is 0.308 e. The minimum atomic E-state index is -0.108. The lowest BCUT2D eigenvalue weighted by molar-refractivity contribution is 1.05. The lowest BCUT2D eigenvalue weighted by Crippen LogP contribution is -2.61. The predicted molar refractivity (Wildman–Crippen MR) is 191 cm³/mol. The molecule has 9 aromatic rings. The molecular weight excluding hydrogens is 591 g/mol. The van der Waals surface area contributed by atoms with Crippen LogP contribution in [0, 0.1) is 0 Å². The summed E-state index contributed by atoms with van der Waals surface area (Å²) in [6.07, 6.45) is 9.09. The highest BCUT2D eigenvalue weighted by molar-refractivity contribution is 6.99. The van der Waals surface area contributed by atoms with Crippen LogP contribution in [0.2, 0.25) is 0 Å². The van der Waals surface area contributed by atoms with Gasteiger partial charge in [0.2, 0.25) is 0 Å². The summed E-state index contributed by atoms with van der Waals surface area (Å²) in [5, 5.41) is 3.48. The van der Waals surface area contributed by atoms with Crippen LogP contribution in [0.5, 0.6) is 0 Å². The molecule has 0 atom stereocenters. The van der Waals surface area contributed by atoms with Crippen LogP contribution in [-0.4, -0.2) is 40.8 Å². The van der Waals surface area contributed by atoms with E-state index in [-0.39, 0.29) is 6.71 Å². The van der Waals surface area contributed by atoms with Gasteiger partial charge in [0.1, 0.15) is 17.6 Å². The Kier molecular flexibility index (Phi) is 5.04. The van der Waals surface area contributed by atoms with Gasteiger partial charge in [0.15, 0.2) is 5.82 Å². The van der Waals surface area contributed by atoms with E-state index in [9.17, 15) is 0 Å². The number of nitrogens with zero attached hydrogens (tertiary/aromatic N) is 8. The molecule has 11 rings (SSSR count). The topological polar surface area (TPSA) is 77.6 Å². The zero-order chi connectivity index (χ0) is 31.3. The van der Waals surface area contributed by atoms with Crippen molar-refractivity contribution in [2.24, 2.45) is 0 Å². The van der Waals surface area contributed by atoms with E-state index in [0.717, 1.165) is 56.3 Å². The number of hydrogen-bond donors (Lipinski definition) is 0. The van der Waals surface area contributed by atoms with Gasteiger partial charge in [0, 0.05) is 68.7 Å². The summed E-state index contributed by atoms with van der Waals surface area (Å²) < 4.78 is 4.76. The Morgan fingerprint density at radius 3 is 2.17 bits per heavy atom. The van der Waals surface area contributed by atoms with Crippen LogP contribution in [0.4, 0.5) is 17.1 Å². The number of pyridine rings is 1. The van der Waals surface area contributed by atoms with Gasteiger partial charge < -0.3 is 4.90 Å². The highest BCUT2D eigenvalue weighted by Gasteiger charge is 2.44. The van der Waals surface area contributed by atoms with Gasteiger partial charge in [0.25, 0.3) is 6.71 Å². The third-order valence-corrected chi connectivity index (χ3v) is 9.78. The van der Waals surface area contributed by atoms with Crippen molar-refractivity contribution in [3.8, 4) is 22.8 Å². The molecule has 0 saturated carbocycles. The third-order valence-electron chi connectivity index (χ3n) is 9.78. The predicted octanol–water partition coefficient (Wildman–Crippen LogP) is 5.98. The van der Waals surface area contributed by atoms with E-state index in [2.05, 4.69) is 110 Å². The Morgan fingerprint density at radius 2 is 1.33 bits per heavy atom. The van der Waals surface area contributed by atoms with Crippen LogP contribution in [0.3, 0.4) is 0 Å². The zero-order valence-corrected chi connectivity index (χ0v) is 25.4. The lowest BCUT2D eigenvalue weighted by atomic mass is 9.35. The van der Waals surface area contributed by atoms with Gasteiger partial charge >= 0.3 is 0 Å². The summed E-state index contributed by atoms with van der Waals surface area (Å²) in [4.78, 5) is 26.2. The molecule has 222 valence electrons. The molecule has 0 N–H and O–H groups in total. The molecule has 0 radical (unpaired) electrons. The molecule has 8 nitrogen and oxygen atoms in total. The van der Waals surface area contributed by atoms with Crippen LogP contribution in [-0.2, 0) is 0 Å². The number of aromatic nitrogens is 7. The molecule has 0 spiro atoms. The van der Waals surface area contributed by atoms with Crippen molar-refractivity contribution < 1.29 is 0 Å². The molecule has 2 aliphatic heterocycles. The first kappa shape index (κ1) is 25.6. The fourth-order valence-electron chi connectivity index (χ4n) is 8.00. The Bertz CT molecular complexity index is 2740. The Morgan fingerprint density at radius 1 is 0.583 bits per heavy atom. The SMILES string of the molecule is c1ccc(N2c3cncnc3B3c4c2cc(-c2ncccn2)cc4-n2c4c3cccc4c3c4cccnc4n(-c4ccccc4)c32)cc1. The molecule has 0 fully saturated rings. The molecule has 4 aromatic carbocycles. The number of fused-ring (bicyclic) bond motifs is 9. The molecule has 0 unspecified atom stereocenters. The maximum Gasteiger partial charge on any atom is 0.275 e. The van der Waals surface area contributed by atoms with Gasteiger partial charge in [-0.1, -0.05) is 54.6 Å². The van der Waals surface area contributed by atoms with E-state index >= 15 is 0 Å². The van der Waals surface area contributed by atoms with Crippen LogP contribution in [0.25, 0.3) is 55.7 Å². The summed E-state index contributed by atoms with van der Waals surface area (Å²) in [6.45, 7) is -0.108. The average Bonchev–Trinajstić information content (AvgIpc) is 3.68. The Balaban J connectivity index is 1.38. The number of hydrogen-bond acceptors (Lipinski definition) is 6. The molecule has 2 aliphatic rings. The molecule has 48 heavy (non-hydrogen) atoms. The Hall–Kier alpha value is -6.61. The lowest BCUT2D eigenvalue weighted by Gasteiger charge is -2.39. The van der Waals surface area contributed by atoms with Crippen LogP contribution < -0.4 is 21.4 Å². The summed E-state index contributed by atoms with van der Waals surface area (Å²) in [7, 11) is 0. The maximum atomic E-state index is 5.02.